The summed E-state index contributed by atoms with van der Waals surface area (Å²) in [6.07, 6.45) is 0.974. The molecule has 0 aliphatic heterocycles. The Morgan fingerprint density at radius 2 is 1.52 bits per heavy atom. The van der Waals surface area contributed by atoms with Gasteiger partial charge in [0.25, 0.3) is 10.0 Å². The molecule has 44 heavy (non-hydrogen) atoms. The van der Waals surface area contributed by atoms with Crippen molar-refractivity contribution in [3.05, 3.63) is 129 Å². The fourth-order valence-electron chi connectivity index (χ4n) is 4.69. The van der Waals surface area contributed by atoms with E-state index in [0.29, 0.717) is 11.6 Å². The third-order valence-electron chi connectivity index (χ3n) is 7.14. The van der Waals surface area contributed by atoms with Crippen molar-refractivity contribution in [3.63, 3.8) is 0 Å². The number of aryl methyl sites for hydroxylation is 1. The van der Waals surface area contributed by atoms with E-state index in [1.54, 1.807) is 36.4 Å². The highest BCUT2D eigenvalue weighted by atomic mass is 79.9. The van der Waals surface area contributed by atoms with Gasteiger partial charge in [0.05, 0.1) is 10.6 Å². The van der Waals surface area contributed by atoms with Gasteiger partial charge in [-0.25, -0.2) is 8.42 Å². The first-order chi connectivity index (χ1) is 21.1. The minimum atomic E-state index is -4.19. The van der Waals surface area contributed by atoms with Crippen LogP contribution in [0.1, 0.15) is 30.0 Å². The molecular formula is C34H35BrClN3O4S. The van der Waals surface area contributed by atoms with E-state index in [4.69, 9.17) is 11.6 Å². The van der Waals surface area contributed by atoms with E-state index in [9.17, 15) is 18.0 Å². The molecule has 1 N–H and O–H groups in total. The largest absolute Gasteiger partial charge is 0.354 e. The Balaban J connectivity index is 1.80. The van der Waals surface area contributed by atoms with Crippen molar-refractivity contribution < 1.29 is 18.0 Å². The number of carbonyl (C=O) groups excluding carboxylic acids is 2. The van der Waals surface area contributed by atoms with Gasteiger partial charge in [-0.1, -0.05) is 101 Å². The molecule has 0 saturated carbocycles. The summed E-state index contributed by atoms with van der Waals surface area (Å²) in [5.74, 6) is -0.839. The number of benzene rings is 4. The standard InChI is InChI=1S/C34H35BrClN3O4S/c1-3-20-37-34(41)32(21-26-10-6-4-7-11-26)38(23-27-15-17-28(35)18-16-27)33(40)24-39(29-19-14-25(2)31(36)22-29)44(42,43)30-12-8-5-9-13-30/h4-19,22,32H,3,20-21,23-24H2,1-2H3,(H,37,41)/t32-/m0/s1. The predicted molar refractivity (Wildman–Crippen MR) is 179 cm³/mol. The molecule has 4 rings (SSSR count). The molecule has 0 aliphatic carbocycles. The Hall–Kier alpha value is -3.66. The van der Waals surface area contributed by atoms with Gasteiger partial charge < -0.3 is 10.2 Å². The number of rotatable bonds is 13. The summed E-state index contributed by atoms with van der Waals surface area (Å²) in [4.78, 5) is 29.6. The van der Waals surface area contributed by atoms with Crippen LogP contribution in [0, 0.1) is 6.92 Å². The summed E-state index contributed by atoms with van der Waals surface area (Å²) in [5, 5.41) is 3.32. The number of amides is 2. The number of nitrogens with one attached hydrogen (secondary N) is 1. The highest BCUT2D eigenvalue weighted by Crippen LogP contribution is 2.29. The van der Waals surface area contributed by atoms with Crippen LogP contribution in [-0.4, -0.2) is 44.3 Å². The van der Waals surface area contributed by atoms with E-state index in [1.165, 1.54) is 17.0 Å². The lowest BCUT2D eigenvalue weighted by Crippen LogP contribution is -2.53. The van der Waals surface area contributed by atoms with Crippen LogP contribution in [0.5, 0.6) is 0 Å². The molecule has 1 atom stereocenters. The van der Waals surface area contributed by atoms with Crippen molar-refractivity contribution in [2.24, 2.45) is 0 Å². The van der Waals surface area contributed by atoms with Gasteiger partial charge in [0.15, 0.2) is 0 Å². The maximum Gasteiger partial charge on any atom is 0.264 e. The summed E-state index contributed by atoms with van der Waals surface area (Å²) in [6.45, 7) is 3.77. The maximum absolute atomic E-state index is 14.4. The summed E-state index contributed by atoms with van der Waals surface area (Å²) in [6, 6.07) is 28.9. The first-order valence-corrected chi connectivity index (χ1v) is 16.9. The number of carbonyl (C=O) groups is 2. The highest BCUT2D eigenvalue weighted by Gasteiger charge is 2.34. The van der Waals surface area contributed by atoms with E-state index in [1.807, 2.05) is 68.4 Å². The molecule has 230 valence electrons. The molecular weight excluding hydrogens is 662 g/mol. The van der Waals surface area contributed by atoms with Crippen molar-refractivity contribution in [3.8, 4) is 0 Å². The second kappa shape index (κ2) is 15.4. The molecule has 0 bridgehead atoms. The average Bonchev–Trinajstić information content (AvgIpc) is 3.03. The zero-order valence-corrected chi connectivity index (χ0v) is 27.8. The number of halogens is 2. The fourth-order valence-corrected chi connectivity index (χ4v) is 6.56. The number of hydrogen-bond acceptors (Lipinski definition) is 4. The van der Waals surface area contributed by atoms with Gasteiger partial charge in [-0.2, -0.15) is 0 Å². The Morgan fingerprint density at radius 3 is 2.14 bits per heavy atom. The van der Waals surface area contributed by atoms with Crippen LogP contribution in [0.15, 0.2) is 112 Å². The Kier molecular flexibility index (Phi) is 11.6. The molecule has 0 radical (unpaired) electrons. The fraction of sp³-hybridized carbons (Fsp3) is 0.235. The predicted octanol–water partition coefficient (Wildman–Crippen LogP) is 6.77. The Bertz CT molecular complexity index is 1670. The number of sulfonamides is 1. The van der Waals surface area contributed by atoms with E-state index >= 15 is 0 Å². The van der Waals surface area contributed by atoms with Crippen LogP contribution in [0.25, 0.3) is 0 Å². The Labute approximate surface area is 273 Å². The molecule has 4 aromatic rings. The van der Waals surface area contributed by atoms with Gasteiger partial charge in [0, 0.05) is 29.0 Å². The first-order valence-electron chi connectivity index (χ1n) is 14.3. The average molecular weight is 697 g/mol. The number of hydrogen-bond donors (Lipinski definition) is 1. The Morgan fingerprint density at radius 1 is 0.886 bits per heavy atom. The van der Waals surface area contributed by atoms with Gasteiger partial charge in [-0.05, 0) is 66.4 Å². The van der Waals surface area contributed by atoms with Crippen molar-refractivity contribution in [2.45, 2.75) is 44.2 Å². The molecule has 0 aromatic heterocycles. The van der Waals surface area contributed by atoms with Crippen molar-refractivity contribution in [1.29, 1.82) is 0 Å². The van der Waals surface area contributed by atoms with E-state index in [0.717, 1.165) is 31.9 Å². The molecule has 0 spiro atoms. The van der Waals surface area contributed by atoms with Crippen molar-refractivity contribution >= 4 is 55.1 Å². The van der Waals surface area contributed by atoms with Crippen LogP contribution < -0.4 is 9.62 Å². The van der Waals surface area contributed by atoms with Crippen LogP contribution in [0.3, 0.4) is 0 Å². The smallest absolute Gasteiger partial charge is 0.264 e. The summed E-state index contributed by atoms with van der Waals surface area (Å²) >= 11 is 9.88. The molecule has 2 amide bonds. The van der Waals surface area contributed by atoms with E-state index < -0.39 is 28.5 Å². The second-order valence-electron chi connectivity index (χ2n) is 10.4. The zero-order chi connectivity index (χ0) is 31.7. The maximum atomic E-state index is 14.4. The van der Waals surface area contributed by atoms with Crippen LogP contribution in [0.2, 0.25) is 5.02 Å². The van der Waals surface area contributed by atoms with Gasteiger partial charge >= 0.3 is 0 Å². The summed E-state index contributed by atoms with van der Waals surface area (Å²) in [5.41, 5.74) is 2.68. The van der Waals surface area contributed by atoms with Gasteiger partial charge in [-0.15, -0.1) is 0 Å². The molecule has 0 saturated heterocycles. The molecule has 0 unspecified atom stereocenters. The van der Waals surface area contributed by atoms with Crippen LogP contribution in [-0.2, 0) is 32.6 Å². The van der Waals surface area contributed by atoms with Gasteiger partial charge in [-0.3, -0.25) is 13.9 Å². The van der Waals surface area contributed by atoms with E-state index in [-0.39, 0.29) is 29.5 Å². The number of nitrogens with zero attached hydrogens (tertiary/aromatic N) is 2. The lowest BCUT2D eigenvalue weighted by atomic mass is 10.0. The molecule has 0 heterocycles. The van der Waals surface area contributed by atoms with Gasteiger partial charge in [0.1, 0.15) is 12.6 Å². The topological polar surface area (TPSA) is 86.8 Å². The summed E-state index contributed by atoms with van der Waals surface area (Å²) < 4.78 is 30.0. The second-order valence-corrected chi connectivity index (χ2v) is 13.6. The minimum Gasteiger partial charge on any atom is -0.354 e. The SMILES string of the molecule is CCCNC(=O)[C@H](Cc1ccccc1)N(Cc1ccc(Br)cc1)C(=O)CN(c1ccc(C)c(Cl)c1)S(=O)(=O)c1ccccc1. The molecule has 0 fully saturated rings. The monoisotopic (exact) mass is 695 g/mol. The third-order valence-corrected chi connectivity index (χ3v) is 9.86. The lowest BCUT2D eigenvalue weighted by molar-refractivity contribution is -0.140. The molecule has 10 heteroatoms. The van der Waals surface area contributed by atoms with Gasteiger partial charge in [0.2, 0.25) is 11.8 Å². The molecule has 7 nitrogen and oxygen atoms in total. The minimum absolute atomic E-state index is 0.0329. The van der Waals surface area contributed by atoms with Crippen molar-refractivity contribution in [2.75, 3.05) is 17.4 Å². The highest BCUT2D eigenvalue weighted by molar-refractivity contribution is 9.10. The van der Waals surface area contributed by atoms with E-state index in [2.05, 4.69) is 21.2 Å². The third kappa shape index (κ3) is 8.49. The van der Waals surface area contributed by atoms with Crippen LogP contribution >= 0.6 is 27.5 Å². The van der Waals surface area contributed by atoms with Crippen LogP contribution in [0.4, 0.5) is 5.69 Å². The quantitative estimate of drug-likeness (QED) is 0.167. The van der Waals surface area contributed by atoms with Crippen molar-refractivity contribution in [1.82, 2.24) is 10.2 Å². The first kappa shape index (κ1) is 33.2. The summed E-state index contributed by atoms with van der Waals surface area (Å²) in [7, 11) is -4.19. The molecule has 4 aromatic carbocycles. The number of anilines is 1. The molecule has 0 aliphatic rings. The normalized spacial score (nSPS) is 11.9. The lowest BCUT2D eigenvalue weighted by Gasteiger charge is -2.34. The zero-order valence-electron chi connectivity index (χ0n) is 24.6.